The number of hydrogen-bond acceptors (Lipinski definition) is 6. The van der Waals surface area contributed by atoms with Crippen molar-refractivity contribution >= 4 is 33.2 Å². The van der Waals surface area contributed by atoms with E-state index < -0.39 is 22.0 Å². The second-order valence-electron chi connectivity index (χ2n) is 12.3. The van der Waals surface area contributed by atoms with Crippen LogP contribution in [0.1, 0.15) is 66.9 Å². The van der Waals surface area contributed by atoms with Crippen molar-refractivity contribution in [3.8, 4) is 5.75 Å². The van der Waals surface area contributed by atoms with E-state index in [-0.39, 0.29) is 34.5 Å². The number of carbonyl (C=O) groups is 1. The van der Waals surface area contributed by atoms with Gasteiger partial charge in [-0.15, -0.1) is 0 Å². The summed E-state index contributed by atoms with van der Waals surface area (Å²) in [6.07, 6.45) is 8.80. The number of hydrogen-bond donors (Lipinski definition) is 2. The molecule has 2 bridgehead atoms. The third kappa shape index (κ3) is 5.03. The lowest BCUT2D eigenvalue weighted by Gasteiger charge is -2.52. The zero-order chi connectivity index (χ0) is 28.1. The molecule has 2 N–H and O–H groups in total. The number of halogens is 1. The first-order valence-corrected chi connectivity index (χ1v) is 16.3. The third-order valence-electron chi connectivity index (χ3n) is 9.79. The SMILES string of the molecule is C[C@]12CC[C@H]1CN1C[C@@]3(CCCc4cc(Cl)ccc43)COc3ccc(cc31)C(=O)NS(=O)(=O)CC/C=C\C[C@@H]2O. The Morgan fingerprint density at radius 1 is 1.15 bits per heavy atom. The van der Waals surface area contributed by atoms with Gasteiger partial charge in [-0.3, -0.25) is 4.79 Å². The highest BCUT2D eigenvalue weighted by molar-refractivity contribution is 7.90. The van der Waals surface area contributed by atoms with Gasteiger partial charge in [0.15, 0.2) is 0 Å². The Morgan fingerprint density at radius 2 is 2.00 bits per heavy atom. The van der Waals surface area contributed by atoms with Crippen LogP contribution in [0.15, 0.2) is 48.6 Å². The molecule has 4 atom stereocenters. The van der Waals surface area contributed by atoms with Crippen molar-refractivity contribution in [3.05, 3.63) is 70.3 Å². The van der Waals surface area contributed by atoms with Crippen molar-refractivity contribution < 1.29 is 23.1 Å². The van der Waals surface area contributed by atoms with Gasteiger partial charge in [0.1, 0.15) is 5.75 Å². The van der Waals surface area contributed by atoms with E-state index in [1.54, 1.807) is 24.3 Å². The van der Waals surface area contributed by atoms with E-state index in [2.05, 4.69) is 28.7 Å². The van der Waals surface area contributed by atoms with Gasteiger partial charge < -0.3 is 14.7 Å². The molecule has 0 saturated heterocycles. The number of ether oxygens (including phenoxy) is 1. The summed E-state index contributed by atoms with van der Waals surface area (Å²) in [4.78, 5) is 15.4. The van der Waals surface area contributed by atoms with E-state index in [4.69, 9.17) is 16.3 Å². The number of allylic oxidation sites excluding steroid dienone is 1. The lowest BCUT2D eigenvalue weighted by molar-refractivity contribution is -0.0695. The standard InChI is InChI=1S/C31H37ClN2O5S/c1-30-14-12-23(30)18-34-19-31(13-5-6-21-16-24(32)9-10-25(21)31)20-39-27-11-8-22(17-26(27)34)29(36)33-40(37,38)15-4-2-3-7-28(30)35/h2-3,8-11,16-17,23,28,35H,4-7,12-15,18-20H2,1H3,(H,33,36)/b3-2-/t23-,28-,30-,31-/m0/s1. The molecule has 0 unspecified atom stereocenters. The molecule has 2 aromatic carbocycles. The fourth-order valence-electron chi connectivity index (χ4n) is 7.15. The number of fused-ring (bicyclic) bond motifs is 4. The molecule has 7 nitrogen and oxygen atoms in total. The Labute approximate surface area is 241 Å². The molecule has 1 amide bonds. The van der Waals surface area contributed by atoms with Gasteiger partial charge in [-0.1, -0.05) is 36.7 Å². The van der Waals surface area contributed by atoms with Crippen molar-refractivity contribution in [2.24, 2.45) is 11.3 Å². The van der Waals surface area contributed by atoms with Crippen LogP contribution >= 0.6 is 11.6 Å². The second-order valence-corrected chi connectivity index (χ2v) is 14.6. The predicted molar refractivity (Wildman–Crippen MR) is 157 cm³/mol. The van der Waals surface area contributed by atoms with Gasteiger partial charge in [0.25, 0.3) is 5.91 Å². The lowest BCUT2D eigenvalue weighted by Crippen LogP contribution is -2.53. The Bertz CT molecular complexity index is 1460. The minimum absolute atomic E-state index is 0.197. The highest BCUT2D eigenvalue weighted by atomic mass is 35.5. The number of carbonyl (C=O) groups excluding carboxylic acids is 1. The van der Waals surface area contributed by atoms with E-state index in [0.717, 1.165) is 42.8 Å². The maximum Gasteiger partial charge on any atom is 0.264 e. The van der Waals surface area contributed by atoms with Crippen molar-refractivity contribution in [1.82, 2.24) is 4.72 Å². The van der Waals surface area contributed by atoms with Crippen molar-refractivity contribution in [3.63, 3.8) is 0 Å². The molecule has 0 aromatic heterocycles. The molecule has 40 heavy (non-hydrogen) atoms. The van der Waals surface area contributed by atoms with Gasteiger partial charge in [-0.05, 0) is 97.7 Å². The topological polar surface area (TPSA) is 95.9 Å². The number of aliphatic hydroxyl groups is 1. The molecular formula is C31H37ClN2O5S. The van der Waals surface area contributed by atoms with Gasteiger partial charge in [-0.2, -0.15) is 0 Å². The van der Waals surface area contributed by atoms with Crippen LogP contribution in [-0.4, -0.2) is 51.0 Å². The first-order chi connectivity index (χ1) is 19.1. The van der Waals surface area contributed by atoms with Gasteiger partial charge >= 0.3 is 0 Å². The van der Waals surface area contributed by atoms with Crippen LogP contribution in [-0.2, 0) is 21.9 Å². The van der Waals surface area contributed by atoms with Gasteiger partial charge in [0.2, 0.25) is 10.0 Å². The summed E-state index contributed by atoms with van der Waals surface area (Å²) in [5.41, 5.74) is 3.07. The van der Waals surface area contributed by atoms with Crippen LogP contribution in [0.2, 0.25) is 5.02 Å². The van der Waals surface area contributed by atoms with Crippen molar-refractivity contribution in [2.75, 3.05) is 30.3 Å². The molecule has 2 heterocycles. The minimum atomic E-state index is -3.81. The Hall–Kier alpha value is -2.55. The van der Waals surface area contributed by atoms with E-state index in [9.17, 15) is 18.3 Å². The Morgan fingerprint density at radius 3 is 2.80 bits per heavy atom. The molecule has 2 aromatic rings. The number of sulfonamides is 1. The van der Waals surface area contributed by atoms with E-state index >= 15 is 0 Å². The number of aliphatic hydroxyl groups excluding tert-OH is 1. The first-order valence-electron chi connectivity index (χ1n) is 14.3. The number of rotatable bonds is 0. The highest BCUT2D eigenvalue weighted by Gasteiger charge is 2.49. The van der Waals surface area contributed by atoms with Crippen LogP contribution in [0.4, 0.5) is 5.69 Å². The summed E-state index contributed by atoms with van der Waals surface area (Å²) in [5, 5.41) is 12.0. The lowest BCUT2D eigenvalue weighted by atomic mass is 9.57. The largest absolute Gasteiger partial charge is 0.490 e. The summed E-state index contributed by atoms with van der Waals surface area (Å²) in [6.45, 7) is 4.07. The zero-order valence-electron chi connectivity index (χ0n) is 22.9. The fraction of sp³-hybridized carbons (Fsp3) is 0.516. The minimum Gasteiger partial charge on any atom is -0.490 e. The molecular weight excluding hydrogens is 548 g/mol. The van der Waals surface area contributed by atoms with E-state index in [0.29, 0.717) is 31.9 Å². The molecule has 9 heteroatoms. The fourth-order valence-corrected chi connectivity index (χ4v) is 8.29. The monoisotopic (exact) mass is 584 g/mol. The average molecular weight is 585 g/mol. The number of nitrogens with one attached hydrogen (secondary N) is 1. The molecule has 6 rings (SSSR count). The second kappa shape index (κ2) is 10.4. The number of anilines is 1. The quantitative estimate of drug-likeness (QED) is 0.423. The molecule has 1 spiro atoms. The molecule has 1 saturated carbocycles. The third-order valence-corrected chi connectivity index (χ3v) is 11.3. The first kappa shape index (κ1) is 27.6. The predicted octanol–water partition coefficient (Wildman–Crippen LogP) is 5.00. The molecule has 0 radical (unpaired) electrons. The Kier molecular flexibility index (Phi) is 7.16. The van der Waals surface area contributed by atoms with E-state index in [1.165, 1.54) is 11.1 Å². The van der Waals surface area contributed by atoms with Crippen molar-refractivity contribution in [2.45, 2.75) is 63.4 Å². The smallest absolute Gasteiger partial charge is 0.264 e. The van der Waals surface area contributed by atoms with Gasteiger partial charge in [0.05, 0.1) is 24.2 Å². The van der Waals surface area contributed by atoms with Crippen LogP contribution in [0, 0.1) is 11.3 Å². The number of amides is 1. The zero-order valence-corrected chi connectivity index (χ0v) is 24.4. The molecule has 1 fully saturated rings. The summed E-state index contributed by atoms with van der Waals surface area (Å²) in [5.74, 6) is 0.109. The van der Waals surface area contributed by atoms with Gasteiger partial charge in [-0.25, -0.2) is 13.1 Å². The maximum absolute atomic E-state index is 13.1. The van der Waals surface area contributed by atoms with Crippen molar-refractivity contribution in [1.29, 1.82) is 0 Å². The average Bonchev–Trinajstić information content (AvgIpc) is 3.06. The normalized spacial score (nSPS) is 32.5. The number of aryl methyl sites for hydroxylation is 1. The highest BCUT2D eigenvalue weighted by Crippen LogP contribution is 2.52. The van der Waals surface area contributed by atoms with E-state index in [1.807, 2.05) is 12.1 Å². The number of benzene rings is 2. The molecule has 4 aliphatic rings. The van der Waals surface area contributed by atoms with Gasteiger partial charge in [0, 0.05) is 29.1 Å². The van der Waals surface area contributed by atoms with Crippen LogP contribution in [0.5, 0.6) is 5.75 Å². The summed E-state index contributed by atoms with van der Waals surface area (Å²) in [7, 11) is -3.81. The number of nitrogens with zero attached hydrogens (tertiary/aromatic N) is 1. The van der Waals surface area contributed by atoms with Crippen LogP contribution < -0.4 is 14.4 Å². The molecule has 2 aliphatic carbocycles. The van der Waals surface area contributed by atoms with Crippen LogP contribution in [0.3, 0.4) is 0 Å². The Balaban J connectivity index is 1.43. The molecule has 214 valence electrons. The summed E-state index contributed by atoms with van der Waals surface area (Å²) in [6, 6.07) is 11.3. The maximum atomic E-state index is 13.1. The molecule has 2 aliphatic heterocycles. The van der Waals surface area contributed by atoms with Crippen LogP contribution in [0.25, 0.3) is 0 Å². The summed E-state index contributed by atoms with van der Waals surface area (Å²) < 4.78 is 34.0. The summed E-state index contributed by atoms with van der Waals surface area (Å²) >= 11 is 6.38.